The van der Waals surface area contributed by atoms with Crippen molar-refractivity contribution < 1.29 is 31.8 Å². The second-order valence-corrected chi connectivity index (χ2v) is 7.02. The Bertz CT molecular complexity index is 499. The van der Waals surface area contributed by atoms with E-state index in [0.717, 1.165) is 0 Å². The van der Waals surface area contributed by atoms with Crippen LogP contribution >= 0.6 is 0 Å². The third-order valence-corrected chi connectivity index (χ3v) is 2.03. The molecule has 0 radical (unpaired) electrons. The summed E-state index contributed by atoms with van der Waals surface area (Å²) in [5, 5.41) is 3.21. The average molecular weight is 309 g/mol. The standard InChI is InChI=1S/C11H19NO7S/c1-10(2,3)17-9(14)11(4,5)19-12-7-8(13)18-20(6,15)16/h7H,1-6H3. The summed E-state index contributed by atoms with van der Waals surface area (Å²) in [6, 6.07) is 0. The highest BCUT2D eigenvalue weighted by Gasteiger charge is 2.35. The molecule has 0 unspecified atom stereocenters. The van der Waals surface area contributed by atoms with Gasteiger partial charge in [-0.2, -0.15) is 8.42 Å². The molecule has 0 aromatic rings. The molecule has 0 aromatic carbocycles. The van der Waals surface area contributed by atoms with Crippen molar-refractivity contribution in [2.24, 2.45) is 5.16 Å². The van der Waals surface area contributed by atoms with Crippen LogP contribution in [0.25, 0.3) is 0 Å². The fraction of sp³-hybridized carbons (Fsp3) is 0.727. The van der Waals surface area contributed by atoms with Gasteiger partial charge in [0.05, 0.1) is 6.26 Å². The summed E-state index contributed by atoms with van der Waals surface area (Å²) in [4.78, 5) is 27.6. The molecule has 0 rings (SSSR count). The summed E-state index contributed by atoms with van der Waals surface area (Å²) >= 11 is 0. The first kappa shape index (κ1) is 18.4. The highest BCUT2D eigenvalue weighted by molar-refractivity contribution is 7.86. The highest BCUT2D eigenvalue weighted by atomic mass is 32.2. The number of hydrogen-bond donors (Lipinski definition) is 0. The van der Waals surface area contributed by atoms with Crippen LogP contribution in [0.1, 0.15) is 34.6 Å². The van der Waals surface area contributed by atoms with Crippen LogP contribution in [0, 0.1) is 0 Å². The molecule has 0 fully saturated rings. The van der Waals surface area contributed by atoms with Crippen LogP contribution < -0.4 is 0 Å². The molecule has 9 heteroatoms. The molecule has 8 nitrogen and oxygen atoms in total. The van der Waals surface area contributed by atoms with E-state index in [9.17, 15) is 18.0 Å². The van der Waals surface area contributed by atoms with Gasteiger partial charge in [-0.25, -0.2) is 9.59 Å². The number of carbonyl (C=O) groups is 2. The maximum atomic E-state index is 11.8. The minimum Gasteiger partial charge on any atom is -0.457 e. The summed E-state index contributed by atoms with van der Waals surface area (Å²) in [6.45, 7) is 7.84. The van der Waals surface area contributed by atoms with Crippen LogP contribution in [0.2, 0.25) is 0 Å². The van der Waals surface area contributed by atoms with Crippen molar-refractivity contribution in [1.29, 1.82) is 0 Å². The Kier molecular flexibility index (Phi) is 5.70. The predicted octanol–water partition coefficient (Wildman–Crippen LogP) is 0.612. The third kappa shape index (κ3) is 8.46. The fourth-order valence-electron chi connectivity index (χ4n) is 0.810. The molecule has 0 aliphatic rings. The van der Waals surface area contributed by atoms with E-state index in [1.54, 1.807) is 20.8 Å². The number of ether oxygens (including phenoxy) is 1. The number of nitrogens with zero attached hydrogens (tertiary/aromatic N) is 1. The largest absolute Gasteiger partial charge is 0.457 e. The van der Waals surface area contributed by atoms with Crippen molar-refractivity contribution in [1.82, 2.24) is 0 Å². The van der Waals surface area contributed by atoms with E-state index >= 15 is 0 Å². The number of esters is 1. The molecule has 0 heterocycles. The Morgan fingerprint density at radius 3 is 2.00 bits per heavy atom. The first-order valence-electron chi connectivity index (χ1n) is 5.61. The topological polar surface area (TPSA) is 108 Å². The van der Waals surface area contributed by atoms with E-state index < -0.39 is 33.3 Å². The molecule has 0 atom stereocenters. The van der Waals surface area contributed by atoms with Crippen LogP contribution in [0.3, 0.4) is 0 Å². The lowest BCUT2D eigenvalue weighted by molar-refractivity contribution is -0.179. The molecule has 0 amide bonds. The molecule has 0 aliphatic carbocycles. The van der Waals surface area contributed by atoms with Gasteiger partial charge < -0.3 is 13.8 Å². The second kappa shape index (κ2) is 6.21. The van der Waals surface area contributed by atoms with Gasteiger partial charge in [0, 0.05) is 0 Å². The maximum absolute atomic E-state index is 11.8. The normalized spacial score (nSPS) is 13.1. The van der Waals surface area contributed by atoms with Crippen molar-refractivity contribution >= 4 is 28.3 Å². The van der Waals surface area contributed by atoms with Crippen molar-refractivity contribution in [3.63, 3.8) is 0 Å². The van der Waals surface area contributed by atoms with Gasteiger partial charge in [0.2, 0.25) is 5.60 Å². The Morgan fingerprint density at radius 2 is 1.60 bits per heavy atom. The SMILES string of the molecule is CC(C)(C)OC(=O)C(C)(C)ON=CC(=O)OS(C)(=O)=O. The van der Waals surface area contributed by atoms with Gasteiger partial charge in [0.1, 0.15) is 5.60 Å². The highest BCUT2D eigenvalue weighted by Crippen LogP contribution is 2.17. The molecule has 0 spiro atoms. The van der Waals surface area contributed by atoms with Gasteiger partial charge in [-0.05, 0) is 34.6 Å². The smallest absolute Gasteiger partial charge is 0.368 e. The lowest BCUT2D eigenvalue weighted by Gasteiger charge is -2.26. The monoisotopic (exact) mass is 309 g/mol. The molecule has 0 saturated carbocycles. The zero-order chi connectivity index (χ0) is 16.2. The molecule has 0 aromatic heterocycles. The van der Waals surface area contributed by atoms with Crippen molar-refractivity contribution in [3.8, 4) is 0 Å². The van der Waals surface area contributed by atoms with Crippen molar-refractivity contribution in [2.45, 2.75) is 45.8 Å². The van der Waals surface area contributed by atoms with Gasteiger partial charge in [0.15, 0.2) is 6.21 Å². The van der Waals surface area contributed by atoms with Crippen molar-refractivity contribution in [2.75, 3.05) is 6.26 Å². The van der Waals surface area contributed by atoms with Crippen molar-refractivity contribution in [3.05, 3.63) is 0 Å². The molecule has 0 aliphatic heterocycles. The minimum absolute atomic E-state index is 0.507. The average Bonchev–Trinajstić information content (AvgIpc) is 2.10. The van der Waals surface area contributed by atoms with Gasteiger partial charge in [-0.1, -0.05) is 5.16 Å². The zero-order valence-electron chi connectivity index (χ0n) is 12.3. The Morgan fingerprint density at radius 1 is 1.10 bits per heavy atom. The third-order valence-electron chi connectivity index (χ3n) is 1.56. The summed E-state index contributed by atoms with van der Waals surface area (Å²) < 4.78 is 30.4. The van der Waals surface area contributed by atoms with E-state index in [1.807, 2.05) is 0 Å². The van der Waals surface area contributed by atoms with Crippen LogP contribution in [0.15, 0.2) is 5.16 Å². The van der Waals surface area contributed by atoms with Gasteiger partial charge in [-0.15, -0.1) is 0 Å². The fourth-order valence-corrected chi connectivity index (χ4v) is 1.15. The lowest BCUT2D eigenvalue weighted by Crippen LogP contribution is -2.40. The maximum Gasteiger partial charge on any atom is 0.368 e. The van der Waals surface area contributed by atoms with Gasteiger partial charge in [-0.3, -0.25) is 0 Å². The molecule has 0 bridgehead atoms. The Balaban J connectivity index is 4.56. The summed E-state index contributed by atoms with van der Waals surface area (Å²) in [7, 11) is -3.92. The minimum atomic E-state index is -3.92. The first-order chi connectivity index (χ1) is 8.73. The van der Waals surface area contributed by atoms with Crippen LogP contribution in [-0.2, 0) is 33.5 Å². The zero-order valence-corrected chi connectivity index (χ0v) is 13.1. The lowest BCUT2D eigenvalue weighted by atomic mass is 10.1. The van der Waals surface area contributed by atoms with Crippen LogP contribution in [0.4, 0.5) is 0 Å². The van der Waals surface area contributed by atoms with E-state index in [4.69, 9.17) is 9.57 Å². The summed E-state index contributed by atoms with van der Waals surface area (Å²) in [6.07, 6.45) is 1.22. The second-order valence-electron chi connectivity index (χ2n) is 5.44. The number of oxime groups is 1. The molecule has 20 heavy (non-hydrogen) atoms. The van der Waals surface area contributed by atoms with E-state index in [0.29, 0.717) is 12.5 Å². The number of hydrogen-bond acceptors (Lipinski definition) is 8. The summed E-state index contributed by atoms with van der Waals surface area (Å²) in [5.74, 6) is -1.91. The Hall–Kier alpha value is -1.64. The summed E-state index contributed by atoms with van der Waals surface area (Å²) in [5.41, 5.74) is -2.13. The van der Waals surface area contributed by atoms with Gasteiger partial charge >= 0.3 is 22.1 Å². The van der Waals surface area contributed by atoms with Gasteiger partial charge in [0.25, 0.3) is 0 Å². The Labute approximate surface area is 118 Å². The number of carbonyl (C=O) groups excluding carboxylic acids is 2. The molecule has 116 valence electrons. The van der Waals surface area contributed by atoms with E-state index in [1.165, 1.54) is 13.8 Å². The molecule has 0 saturated heterocycles. The number of rotatable bonds is 5. The quantitative estimate of drug-likeness (QED) is 0.317. The van der Waals surface area contributed by atoms with E-state index in [-0.39, 0.29) is 0 Å². The molecular weight excluding hydrogens is 290 g/mol. The van der Waals surface area contributed by atoms with Crippen LogP contribution in [-0.4, -0.2) is 44.0 Å². The molecule has 0 N–H and O–H groups in total. The molecular formula is C11H19NO7S. The predicted molar refractivity (Wildman–Crippen MR) is 70.4 cm³/mol. The van der Waals surface area contributed by atoms with E-state index in [2.05, 4.69) is 9.34 Å². The first-order valence-corrected chi connectivity index (χ1v) is 7.43. The van der Waals surface area contributed by atoms with Crippen LogP contribution in [0.5, 0.6) is 0 Å².